The third kappa shape index (κ3) is 1.52. The summed E-state index contributed by atoms with van der Waals surface area (Å²) < 4.78 is 0. The van der Waals surface area contributed by atoms with Gasteiger partial charge >= 0.3 is 0 Å². The van der Waals surface area contributed by atoms with Gasteiger partial charge in [0.25, 0.3) is 0 Å². The van der Waals surface area contributed by atoms with Gasteiger partial charge in [0.15, 0.2) is 0 Å². The second kappa shape index (κ2) is 3.82. The van der Waals surface area contributed by atoms with Crippen LogP contribution in [0.15, 0.2) is 29.3 Å². The van der Waals surface area contributed by atoms with E-state index >= 15 is 0 Å². The predicted octanol–water partition coefficient (Wildman–Crippen LogP) is 2.09. The molecule has 0 amide bonds. The lowest BCUT2D eigenvalue weighted by Gasteiger charge is -2.10. The Hall–Kier alpha value is -1.31. The summed E-state index contributed by atoms with van der Waals surface area (Å²) in [7, 11) is 0. The molecule has 1 aliphatic carbocycles. The molecule has 2 N–H and O–H groups in total. The standard InChI is InChI=1S/C12H16N2/c1-2-14-12(13)11-8-7-9-5-3-4-6-10(9)11/h3-6,11H,2,7-8H2,1H3,(H2,13,14). The van der Waals surface area contributed by atoms with Crippen LogP contribution >= 0.6 is 0 Å². The summed E-state index contributed by atoms with van der Waals surface area (Å²) in [6.45, 7) is 2.80. The Morgan fingerprint density at radius 3 is 3.07 bits per heavy atom. The molecule has 0 bridgehead atoms. The molecule has 1 aliphatic rings. The molecule has 0 saturated heterocycles. The Morgan fingerprint density at radius 1 is 1.50 bits per heavy atom. The normalized spacial score (nSPS) is 20.9. The van der Waals surface area contributed by atoms with Gasteiger partial charge in [-0.1, -0.05) is 24.3 Å². The minimum Gasteiger partial charge on any atom is -0.387 e. The fraction of sp³-hybridized carbons (Fsp3) is 0.417. The van der Waals surface area contributed by atoms with E-state index in [1.54, 1.807) is 0 Å². The Balaban J connectivity index is 2.30. The van der Waals surface area contributed by atoms with Crippen LogP contribution in [0.4, 0.5) is 0 Å². The van der Waals surface area contributed by atoms with Gasteiger partial charge in [0.1, 0.15) is 5.84 Å². The zero-order valence-electron chi connectivity index (χ0n) is 8.53. The number of aryl methyl sites for hydroxylation is 1. The number of aliphatic imine (C=N–C) groups is 1. The molecule has 2 nitrogen and oxygen atoms in total. The second-order valence-corrected chi connectivity index (χ2v) is 3.69. The monoisotopic (exact) mass is 188 g/mol. The SMILES string of the molecule is CCN=C(N)C1CCc2ccccc21. The Morgan fingerprint density at radius 2 is 2.29 bits per heavy atom. The fourth-order valence-electron chi connectivity index (χ4n) is 2.16. The quantitative estimate of drug-likeness (QED) is 0.560. The van der Waals surface area contributed by atoms with E-state index in [2.05, 4.69) is 29.3 Å². The smallest absolute Gasteiger partial charge is 0.101 e. The maximum atomic E-state index is 5.95. The number of benzene rings is 1. The van der Waals surface area contributed by atoms with Gasteiger partial charge in [-0.05, 0) is 30.9 Å². The molecule has 74 valence electrons. The summed E-state index contributed by atoms with van der Waals surface area (Å²) in [5.74, 6) is 1.17. The van der Waals surface area contributed by atoms with E-state index in [4.69, 9.17) is 5.73 Å². The van der Waals surface area contributed by atoms with E-state index < -0.39 is 0 Å². The lowest BCUT2D eigenvalue weighted by molar-refractivity contribution is 0.834. The maximum Gasteiger partial charge on any atom is 0.101 e. The van der Waals surface area contributed by atoms with Crippen LogP contribution in [0.25, 0.3) is 0 Å². The van der Waals surface area contributed by atoms with Crippen molar-refractivity contribution in [1.29, 1.82) is 0 Å². The zero-order chi connectivity index (χ0) is 9.97. The zero-order valence-corrected chi connectivity index (χ0v) is 8.53. The molecule has 1 atom stereocenters. The van der Waals surface area contributed by atoms with Gasteiger partial charge in [0, 0.05) is 12.5 Å². The minimum atomic E-state index is 0.367. The highest BCUT2D eigenvalue weighted by Gasteiger charge is 2.24. The first-order valence-electron chi connectivity index (χ1n) is 5.20. The van der Waals surface area contributed by atoms with Crippen LogP contribution in [0.2, 0.25) is 0 Å². The number of rotatable bonds is 2. The lowest BCUT2D eigenvalue weighted by Crippen LogP contribution is -2.20. The van der Waals surface area contributed by atoms with E-state index in [1.165, 1.54) is 11.1 Å². The summed E-state index contributed by atoms with van der Waals surface area (Å²) in [6.07, 6.45) is 2.26. The van der Waals surface area contributed by atoms with E-state index in [0.717, 1.165) is 25.2 Å². The van der Waals surface area contributed by atoms with Crippen molar-refractivity contribution >= 4 is 5.84 Å². The molecule has 0 spiro atoms. The minimum absolute atomic E-state index is 0.367. The molecular weight excluding hydrogens is 172 g/mol. The van der Waals surface area contributed by atoms with Crippen LogP contribution < -0.4 is 5.73 Å². The lowest BCUT2D eigenvalue weighted by atomic mass is 10.0. The number of hydrogen-bond acceptors (Lipinski definition) is 1. The number of nitrogens with two attached hydrogens (primary N) is 1. The molecule has 14 heavy (non-hydrogen) atoms. The maximum absolute atomic E-state index is 5.95. The number of hydrogen-bond donors (Lipinski definition) is 1. The summed E-state index contributed by atoms with van der Waals surface area (Å²) in [5.41, 5.74) is 8.77. The number of amidine groups is 1. The summed E-state index contributed by atoms with van der Waals surface area (Å²) in [4.78, 5) is 4.30. The van der Waals surface area contributed by atoms with Gasteiger partial charge in [-0.25, -0.2) is 0 Å². The largest absolute Gasteiger partial charge is 0.387 e. The molecule has 0 fully saturated rings. The van der Waals surface area contributed by atoms with Crippen molar-refractivity contribution in [1.82, 2.24) is 0 Å². The van der Waals surface area contributed by atoms with Crippen LogP contribution in [0, 0.1) is 0 Å². The molecule has 1 unspecified atom stereocenters. The van der Waals surface area contributed by atoms with Crippen LogP contribution in [0.5, 0.6) is 0 Å². The highest BCUT2D eigenvalue weighted by Crippen LogP contribution is 2.32. The van der Waals surface area contributed by atoms with Gasteiger partial charge in [0.2, 0.25) is 0 Å². The van der Waals surface area contributed by atoms with E-state index in [9.17, 15) is 0 Å². The van der Waals surface area contributed by atoms with Crippen molar-refractivity contribution < 1.29 is 0 Å². The second-order valence-electron chi connectivity index (χ2n) is 3.69. The van der Waals surface area contributed by atoms with Crippen molar-refractivity contribution in [3.63, 3.8) is 0 Å². The molecule has 2 heteroatoms. The Kier molecular flexibility index (Phi) is 2.53. The third-order valence-electron chi connectivity index (χ3n) is 2.83. The fourth-order valence-corrected chi connectivity index (χ4v) is 2.16. The van der Waals surface area contributed by atoms with E-state index in [1.807, 2.05) is 6.92 Å². The van der Waals surface area contributed by atoms with Crippen LogP contribution in [0.3, 0.4) is 0 Å². The molecule has 1 aromatic carbocycles. The first-order valence-corrected chi connectivity index (χ1v) is 5.20. The Bertz CT molecular complexity index is 355. The van der Waals surface area contributed by atoms with Crippen molar-refractivity contribution in [2.45, 2.75) is 25.7 Å². The predicted molar refractivity (Wildman–Crippen MR) is 59.7 cm³/mol. The first-order chi connectivity index (χ1) is 6.83. The van der Waals surface area contributed by atoms with Crippen LogP contribution in [0.1, 0.15) is 30.4 Å². The van der Waals surface area contributed by atoms with Gasteiger partial charge in [-0.15, -0.1) is 0 Å². The summed E-state index contributed by atoms with van der Waals surface area (Å²) >= 11 is 0. The summed E-state index contributed by atoms with van der Waals surface area (Å²) in [5, 5.41) is 0. The van der Waals surface area contributed by atoms with Gasteiger partial charge < -0.3 is 5.73 Å². The summed E-state index contributed by atoms with van der Waals surface area (Å²) in [6, 6.07) is 8.53. The van der Waals surface area contributed by atoms with Crippen LogP contribution in [-0.4, -0.2) is 12.4 Å². The van der Waals surface area contributed by atoms with Gasteiger partial charge in [-0.3, -0.25) is 4.99 Å². The van der Waals surface area contributed by atoms with Gasteiger partial charge in [-0.2, -0.15) is 0 Å². The molecule has 0 saturated carbocycles. The average Bonchev–Trinajstić information content (AvgIpc) is 2.61. The molecule has 1 aromatic rings. The molecule has 0 aliphatic heterocycles. The van der Waals surface area contributed by atoms with Crippen molar-refractivity contribution in [2.24, 2.45) is 10.7 Å². The molecule has 0 radical (unpaired) electrons. The molecule has 0 aromatic heterocycles. The van der Waals surface area contributed by atoms with Gasteiger partial charge in [0.05, 0.1) is 0 Å². The van der Waals surface area contributed by atoms with Crippen molar-refractivity contribution in [3.8, 4) is 0 Å². The van der Waals surface area contributed by atoms with Crippen LogP contribution in [-0.2, 0) is 6.42 Å². The number of nitrogens with zero attached hydrogens (tertiary/aromatic N) is 1. The highest BCUT2D eigenvalue weighted by molar-refractivity contribution is 5.88. The van der Waals surface area contributed by atoms with Crippen molar-refractivity contribution in [2.75, 3.05) is 6.54 Å². The highest BCUT2D eigenvalue weighted by atomic mass is 14.9. The molecular formula is C12H16N2. The van der Waals surface area contributed by atoms with E-state index in [-0.39, 0.29) is 0 Å². The topological polar surface area (TPSA) is 38.4 Å². The molecule has 2 rings (SSSR count). The Labute approximate surface area is 84.9 Å². The van der Waals surface area contributed by atoms with E-state index in [0.29, 0.717) is 5.92 Å². The average molecular weight is 188 g/mol. The van der Waals surface area contributed by atoms with Crippen molar-refractivity contribution in [3.05, 3.63) is 35.4 Å². The third-order valence-corrected chi connectivity index (χ3v) is 2.83. The number of fused-ring (bicyclic) bond motifs is 1. The first kappa shape index (κ1) is 9.25. The molecule has 0 heterocycles.